The number of halogens is 2. The van der Waals surface area contributed by atoms with Crippen molar-refractivity contribution in [3.8, 4) is 11.5 Å². The number of piperidine rings is 1. The van der Waals surface area contributed by atoms with Gasteiger partial charge in [-0.1, -0.05) is 11.2 Å². The summed E-state index contributed by atoms with van der Waals surface area (Å²) in [6.45, 7) is 4.06. The van der Waals surface area contributed by atoms with E-state index in [-0.39, 0.29) is 23.4 Å². The maximum absolute atomic E-state index is 13.5. The number of aryl methyl sites for hydroxylation is 2. The molecule has 3 aromatic rings. The zero-order valence-electron chi connectivity index (χ0n) is 16.5. The average Bonchev–Trinajstić information content (AvgIpc) is 3.20. The van der Waals surface area contributed by atoms with Crippen LogP contribution >= 0.6 is 0 Å². The third-order valence-corrected chi connectivity index (χ3v) is 5.45. The lowest BCUT2D eigenvalue weighted by Crippen LogP contribution is -2.40. The van der Waals surface area contributed by atoms with Crippen molar-refractivity contribution in [3.63, 3.8) is 0 Å². The van der Waals surface area contributed by atoms with Crippen molar-refractivity contribution in [3.05, 3.63) is 64.7 Å². The smallest absolute Gasteiger partial charge is 0.407 e. The van der Waals surface area contributed by atoms with Gasteiger partial charge in [-0.3, -0.25) is 4.98 Å². The summed E-state index contributed by atoms with van der Waals surface area (Å²) in [5.41, 5.74) is 2.77. The topological polar surface area (TPSA) is 92.4 Å². The Bertz CT molecular complexity index is 1100. The van der Waals surface area contributed by atoms with E-state index in [9.17, 15) is 18.7 Å². The summed E-state index contributed by atoms with van der Waals surface area (Å²) in [5.74, 6) is -1.58. The van der Waals surface area contributed by atoms with Gasteiger partial charge in [-0.05, 0) is 56.5 Å². The minimum atomic E-state index is -0.996. The van der Waals surface area contributed by atoms with Crippen molar-refractivity contribution in [2.45, 2.75) is 38.6 Å². The molecule has 1 aliphatic heterocycles. The van der Waals surface area contributed by atoms with Gasteiger partial charge in [0.15, 0.2) is 17.5 Å². The Hall–Kier alpha value is -3.36. The molecule has 1 aliphatic rings. The highest BCUT2D eigenvalue weighted by atomic mass is 19.2. The molecule has 30 heavy (non-hydrogen) atoms. The first-order valence-electron chi connectivity index (χ1n) is 9.56. The van der Waals surface area contributed by atoms with Crippen LogP contribution in [0.2, 0.25) is 0 Å². The van der Waals surface area contributed by atoms with Crippen molar-refractivity contribution in [2.24, 2.45) is 0 Å². The number of likely N-dealkylation sites (tertiary alicyclic amines) is 1. The molecule has 7 nitrogen and oxygen atoms in total. The lowest BCUT2D eigenvalue weighted by Gasteiger charge is -2.37. The monoisotopic (exact) mass is 414 g/mol. The van der Waals surface area contributed by atoms with Crippen LogP contribution in [0.3, 0.4) is 0 Å². The van der Waals surface area contributed by atoms with Crippen LogP contribution in [0.5, 0.6) is 0 Å². The van der Waals surface area contributed by atoms with E-state index >= 15 is 0 Å². The van der Waals surface area contributed by atoms with Crippen LogP contribution in [0, 0.1) is 25.5 Å². The Kier molecular flexibility index (Phi) is 5.19. The Morgan fingerprint density at radius 3 is 2.67 bits per heavy atom. The molecule has 0 aliphatic carbocycles. The van der Waals surface area contributed by atoms with Crippen LogP contribution in [0.15, 0.2) is 34.9 Å². The molecule has 1 fully saturated rings. The molecule has 1 amide bonds. The van der Waals surface area contributed by atoms with Gasteiger partial charge in [0.05, 0.1) is 6.04 Å². The van der Waals surface area contributed by atoms with Crippen molar-refractivity contribution < 1.29 is 23.2 Å². The van der Waals surface area contributed by atoms with Crippen LogP contribution in [0.25, 0.3) is 11.5 Å². The molecule has 4 rings (SSSR count). The number of carboxylic acid groups (broad SMARTS) is 1. The molecule has 0 spiro atoms. The standard InChI is InChI=1S/C21H20F2N4O3/c1-11-3-5-15(12(2)24-11)18-10-13(7-8-27(18)21(28)29)19-25-20(30-26-19)14-4-6-16(22)17(23)9-14/h3-6,9,13,18H,7-8,10H2,1-2H3,(H,28,29). The number of nitrogens with zero attached hydrogens (tertiary/aromatic N) is 4. The van der Waals surface area contributed by atoms with Gasteiger partial charge in [0.1, 0.15) is 0 Å². The van der Waals surface area contributed by atoms with Gasteiger partial charge in [-0.15, -0.1) is 0 Å². The van der Waals surface area contributed by atoms with Gasteiger partial charge in [-0.25, -0.2) is 13.6 Å². The molecule has 1 N–H and O–H groups in total. The van der Waals surface area contributed by atoms with E-state index in [1.165, 1.54) is 11.0 Å². The summed E-state index contributed by atoms with van der Waals surface area (Å²) >= 11 is 0. The van der Waals surface area contributed by atoms with E-state index in [2.05, 4.69) is 15.1 Å². The Morgan fingerprint density at radius 1 is 1.17 bits per heavy atom. The molecule has 3 heterocycles. The maximum atomic E-state index is 13.5. The van der Waals surface area contributed by atoms with Crippen LogP contribution in [0.1, 0.15) is 47.6 Å². The molecule has 2 unspecified atom stereocenters. The molecule has 0 saturated carbocycles. The lowest BCUT2D eigenvalue weighted by molar-refractivity contribution is 0.0990. The van der Waals surface area contributed by atoms with E-state index in [1.54, 1.807) is 0 Å². The highest BCUT2D eigenvalue weighted by Crippen LogP contribution is 2.39. The molecule has 2 aromatic heterocycles. The van der Waals surface area contributed by atoms with E-state index < -0.39 is 17.7 Å². The molecule has 1 aromatic carbocycles. The molecule has 1 saturated heterocycles. The number of pyridine rings is 1. The molecule has 2 atom stereocenters. The van der Waals surface area contributed by atoms with Crippen LogP contribution in [-0.2, 0) is 0 Å². The number of rotatable bonds is 3. The number of aromatic nitrogens is 3. The molecule has 0 bridgehead atoms. The predicted octanol–water partition coefficient (Wildman–Crippen LogP) is 4.63. The summed E-state index contributed by atoms with van der Waals surface area (Å²) in [7, 11) is 0. The molecular formula is C21H20F2N4O3. The van der Waals surface area contributed by atoms with Crippen molar-refractivity contribution in [2.75, 3.05) is 6.54 Å². The van der Waals surface area contributed by atoms with Crippen molar-refractivity contribution >= 4 is 6.09 Å². The number of hydrogen-bond acceptors (Lipinski definition) is 5. The largest absolute Gasteiger partial charge is 0.465 e. The second kappa shape index (κ2) is 7.81. The zero-order chi connectivity index (χ0) is 21.4. The first kappa shape index (κ1) is 19.9. The average molecular weight is 414 g/mol. The molecule has 156 valence electrons. The molecule has 9 heteroatoms. The second-order valence-corrected chi connectivity index (χ2v) is 7.43. The minimum absolute atomic E-state index is 0.0919. The minimum Gasteiger partial charge on any atom is -0.465 e. The fourth-order valence-electron chi connectivity index (χ4n) is 3.92. The molecular weight excluding hydrogens is 394 g/mol. The van der Waals surface area contributed by atoms with E-state index in [0.717, 1.165) is 29.1 Å². The Labute approximate surface area is 171 Å². The first-order chi connectivity index (χ1) is 14.3. The quantitative estimate of drug-likeness (QED) is 0.672. The van der Waals surface area contributed by atoms with Gasteiger partial charge in [0, 0.05) is 29.4 Å². The summed E-state index contributed by atoms with van der Waals surface area (Å²) in [4.78, 5) is 22.0. The number of carbonyl (C=O) groups is 1. The molecule has 0 radical (unpaired) electrons. The first-order valence-corrected chi connectivity index (χ1v) is 9.56. The zero-order valence-corrected chi connectivity index (χ0v) is 16.5. The number of amides is 1. The van der Waals surface area contributed by atoms with Gasteiger partial charge < -0.3 is 14.5 Å². The van der Waals surface area contributed by atoms with E-state index in [4.69, 9.17) is 4.52 Å². The van der Waals surface area contributed by atoms with Crippen LogP contribution in [-0.4, -0.2) is 37.8 Å². The summed E-state index contributed by atoms with van der Waals surface area (Å²) < 4.78 is 32.0. The van der Waals surface area contributed by atoms with E-state index in [0.29, 0.717) is 25.2 Å². The Morgan fingerprint density at radius 2 is 1.97 bits per heavy atom. The van der Waals surface area contributed by atoms with Gasteiger partial charge in [-0.2, -0.15) is 4.98 Å². The lowest BCUT2D eigenvalue weighted by atomic mass is 9.86. The van der Waals surface area contributed by atoms with Gasteiger partial charge in [0.2, 0.25) is 0 Å². The summed E-state index contributed by atoms with van der Waals surface area (Å²) in [5, 5.41) is 13.7. The second-order valence-electron chi connectivity index (χ2n) is 7.43. The fraction of sp³-hybridized carbons (Fsp3) is 0.333. The summed E-state index contributed by atoms with van der Waals surface area (Å²) in [6, 6.07) is 6.75. The predicted molar refractivity (Wildman–Crippen MR) is 103 cm³/mol. The summed E-state index contributed by atoms with van der Waals surface area (Å²) in [6.07, 6.45) is 0.000928. The number of benzene rings is 1. The third kappa shape index (κ3) is 3.74. The van der Waals surface area contributed by atoms with E-state index in [1.807, 2.05) is 26.0 Å². The normalized spacial score (nSPS) is 19.1. The number of hydrogen-bond donors (Lipinski definition) is 1. The third-order valence-electron chi connectivity index (χ3n) is 5.45. The van der Waals surface area contributed by atoms with Crippen LogP contribution < -0.4 is 0 Å². The highest BCUT2D eigenvalue weighted by Gasteiger charge is 2.36. The Balaban J connectivity index is 1.62. The maximum Gasteiger partial charge on any atom is 0.407 e. The highest BCUT2D eigenvalue weighted by molar-refractivity contribution is 5.66. The fourth-order valence-corrected chi connectivity index (χ4v) is 3.92. The van der Waals surface area contributed by atoms with Gasteiger partial charge >= 0.3 is 6.09 Å². The van der Waals surface area contributed by atoms with Crippen LogP contribution in [0.4, 0.5) is 13.6 Å². The van der Waals surface area contributed by atoms with Gasteiger partial charge in [0.25, 0.3) is 5.89 Å². The van der Waals surface area contributed by atoms with Crippen molar-refractivity contribution in [1.29, 1.82) is 0 Å². The van der Waals surface area contributed by atoms with Crippen molar-refractivity contribution in [1.82, 2.24) is 20.0 Å². The SMILES string of the molecule is Cc1ccc(C2CC(c3noc(-c4ccc(F)c(F)c4)n3)CCN2C(=O)O)c(C)n1.